The maximum atomic E-state index is 13.1. The van der Waals surface area contributed by atoms with Gasteiger partial charge in [-0.05, 0) is 6.07 Å². The summed E-state index contributed by atoms with van der Waals surface area (Å²) >= 11 is 5.78. The van der Waals surface area contributed by atoms with Crippen LogP contribution in [0.2, 0.25) is 5.02 Å². The highest BCUT2D eigenvalue weighted by Crippen LogP contribution is 2.31. The Morgan fingerprint density at radius 2 is 2.14 bits per heavy atom. The lowest BCUT2D eigenvalue weighted by molar-refractivity contribution is 0.629. The monoisotopic (exact) mass is 211 g/mol. The second-order valence-corrected chi connectivity index (χ2v) is 3.18. The molecule has 0 saturated carbocycles. The van der Waals surface area contributed by atoms with E-state index in [0.717, 1.165) is 0 Å². The van der Waals surface area contributed by atoms with Crippen LogP contribution in [0.3, 0.4) is 0 Å². The van der Waals surface area contributed by atoms with Gasteiger partial charge in [-0.2, -0.15) is 5.10 Å². The van der Waals surface area contributed by atoms with Gasteiger partial charge in [0.05, 0.1) is 11.2 Å². The lowest BCUT2D eigenvalue weighted by atomic mass is 10.1. The Kier molecular flexibility index (Phi) is 2.13. The van der Waals surface area contributed by atoms with Gasteiger partial charge in [-0.1, -0.05) is 23.7 Å². The van der Waals surface area contributed by atoms with Gasteiger partial charge >= 0.3 is 0 Å². The molecule has 2 aromatic rings. The van der Waals surface area contributed by atoms with Gasteiger partial charge in [0, 0.05) is 11.1 Å². The van der Waals surface area contributed by atoms with Gasteiger partial charge in [-0.15, -0.1) is 0 Å². The van der Waals surface area contributed by atoms with E-state index in [1.807, 2.05) is 0 Å². The van der Waals surface area contributed by atoms with Crippen LogP contribution in [-0.2, 0) is 0 Å². The number of aromatic amines is 1. The third kappa shape index (κ3) is 1.33. The Hall–Kier alpha value is -1.55. The van der Waals surface area contributed by atoms with Crippen molar-refractivity contribution in [2.45, 2.75) is 0 Å². The van der Waals surface area contributed by atoms with Crippen molar-refractivity contribution in [3.05, 3.63) is 35.2 Å². The minimum atomic E-state index is -0.468. The van der Waals surface area contributed by atoms with Crippen molar-refractivity contribution in [2.75, 3.05) is 5.73 Å². The number of benzene rings is 1. The van der Waals surface area contributed by atoms with Crippen LogP contribution in [0.1, 0.15) is 0 Å². The highest BCUT2D eigenvalue weighted by atomic mass is 35.5. The average molecular weight is 212 g/mol. The summed E-state index contributed by atoms with van der Waals surface area (Å²) in [5.74, 6) is -0.0951. The third-order valence-electron chi connectivity index (χ3n) is 1.91. The van der Waals surface area contributed by atoms with E-state index in [-0.39, 0.29) is 5.02 Å². The largest absolute Gasteiger partial charge is 0.384 e. The zero-order valence-corrected chi connectivity index (χ0v) is 7.85. The summed E-state index contributed by atoms with van der Waals surface area (Å²) in [5, 5.41) is 6.35. The fourth-order valence-corrected chi connectivity index (χ4v) is 1.45. The minimum Gasteiger partial charge on any atom is -0.384 e. The molecule has 1 heterocycles. The van der Waals surface area contributed by atoms with Crippen LogP contribution in [0, 0.1) is 5.82 Å². The second-order valence-electron chi connectivity index (χ2n) is 2.80. The summed E-state index contributed by atoms with van der Waals surface area (Å²) in [6.07, 6.45) is 1.51. The van der Waals surface area contributed by atoms with Crippen molar-refractivity contribution in [2.24, 2.45) is 0 Å². The van der Waals surface area contributed by atoms with Crippen LogP contribution < -0.4 is 5.73 Å². The van der Waals surface area contributed by atoms with Gasteiger partial charge < -0.3 is 5.73 Å². The molecule has 0 aliphatic carbocycles. The van der Waals surface area contributed by atoms with E-state index in [4.69, 9.17) is 17.3 Å². The summed E-state index contributed by atoms with van der Waals surface area (Å²) in [7, 11) is 0. The van der Waals surface area contributed by atoms with Crippen molar-refractivity contribution in [3.8, 4) is 11.1 Å². The quantitative estimate of drug-likeness (QED) is 0.761. The molecule has 0 atom stereocenters. The molecule has 1 aromatic carbocycles. The molecule has 5 heteroatoms. The Balaban J connectivity index is 2.63. The summed E-state index contributed by atoms with van der Waals surface area (Å²) in [6, 6.07) is 4.55. The molecule has 2 rings (SSSR count). The van der Waals surface area contributed by atoms with Gasteiger partial charge in [0.2, 0.25) is 0 Å². The van der Waals surface area contributed by atoms with Gasteiger partial charge in [-0.25, -0.2) is 4.39 Å². The lowest BCUT2D eigenvalue weighted by Crippen LogP contribution is -1.89. The van der Waals surface area contributed by atoms with Crippen LogP contribution in [0.15, 0.2) is 24.4 Å². The molecule has 0 aliphatic heterocycles. The first kappa shape index (κ1) is 9.02. The molecule has 0 spiro atoms. The molecule has 72 valence electrons. The Morgan fingerprint density at radius 1 is 1.36 bits per heavy atom. The van der Waals surface area contributed by atoms with E-state index in [0.29, 0.717) is 16.9 Å². The average Bonchev–Trinajstić information content (AvgIpc) is 2.57. The fraction of sp³-hybridized carbons (Fsp3) is 0. The number of halogens is 2. The molecular weight excluding hydrogens is 205 g/mol. The third-order valence-corrected chi connectivity index (χ3v) is 2.29. The highest BCUT2D eigenvalue weighted by molar-refractivity contribution is 6.33. The fourth-order valence-electron chi connectivity index (χ4n) is 1.22. The van der Waals surface area contributed by atoms with E-state index in [1.165, 1.54) is 12.3 Å². The number of aromatic nitrogens is 2. The molecule has 0 bridgehead atoms. The van der Waals surface area contributed by atoms with Crippen molar-refractivity contribution in [3.63, 3.8) is 0 Å². The lowest BCUT2D eigenvalue weighted by Gasteiger charge is -2.02. The number of rotatable bonds is 1. The zero-order valence-electron chi connectivity index (χ0n) is 7.09. The predicted molar refractivity (Wildman–Crippen MR) is 53.4 cm³/mol. The van der Waals surface area contributed by atoms with Crippen LogP contribution in [0.5, 0.6) is 0 Å². The number of nitrogens with two attached hydrogens (primary N) is 1. The normalized spacial score (nSPS) is 10.4. The van der Waals surface area contributed by atoms with Crippen molar-refractivity contribution in [1.82, 2.24) is 10.2 Å². The standard InChI is InChI=1S/C9H7ClFN3/c10-8-5(2-1-3-7(8)11)6-4-13-14-9(6)12/h1-4H,(H3,12,13,14). The SMILES string of the molecule is Nc1[nH]ncc1-c1cccc(F)c1Cl. The van der Waals surface area contributed by atoms with Gasteiger partial charge in [0.1, 0.15) is 11.6 Å². The molecule has 3 nitrogen and oxygen atoms in total. The zero-order chi connectivity index (χ0) is 10.1. The molecule has 14 heavy (non-hydrogen) atoms. The number of nitrogens with one attached hydrogen (secondary N) is 1. The van der Waals surface area contributed by atoms with Gasteiger partial charge in [0.15, 0.2) is 0 Å². The number of hydrogen-bond acceptors (Lipinski definition) is 2. The molecule has 0 amide bonds. The number of H-pyrrole nitrogens is 1. The maximum Gasteiger partial charge on any atom is 0.142 e. The van der Waals surface area contributed by atoms with E-state index in [1.54, 1.807) is 12.1 Å². The number of nitrogen functional groups attached to an aromatic ring is 1. The first-order valence-corrected chi connectivity index (χ1v) is 4.31. The predicted octanol–water partition coefficient (Wildman–Crippen LogP) is 2.45. The van der Waals surface area contributed by atoms with E-state index < -0.39 is 5.82 Å². The Labute approximate surface area is 84.7 Å². The van der Waals surface area contributed by atoms with Crippen LogP contribution in [0.4, 0.5) is 10.2 Å². The summed E-state index contributed by atoms with van der Waals surface area (Å²) < 4.78 is 13.1. The molecular formula is C9H7ClFN3. The molecule has 3 N–H and O–H groups in total. The molecule has 0 fully saturated rings. The Morgan fingerprint density at radius 3 is 2.79 bits per heavy atom. The number of hydrogen-bond donors (Lipinski definition) is 2. The molecule has 0 saturated heterocycles. The van der Waals surface area contributed by atoms with Crippen LogP contribution in [-0.4, -0.2) is 10.2 Å². The summed E-state index contributed by atoms with van der Waals surface area (Å²) in [6.45, 7) is 0. The van der Waals surface area contributed by atoms with Gasteiger partial charge in [0.25, 0.3) is 0 Å². The van der Waals surface area contributed by atoms with Crippen LogP contribution >= 0.6 is 11.6 Å². The number of anilines is 1. The maximum absolute atomic E-state index is 13.1. The summed E-state index contributed by atoms with van der Waals surface area (Å²) in [5.41, 5.74) is 6.74. The summed E-state index contributed by atoms with van der Waals surface area (Å²) in [4.78, 5) is 0. The topological polar surface area (TPSA) is 54.7 Å². The molecule has 0 aliphatic rings. The first-order valence-electron chi connectivity index (χ1n) is 3.93. The molecule has 0 radical (unpaired) electrons. The molecule has 0 unspecified atom stereocenters. The van der Waals surface area contributed by atoms with Crippen LogP contribution in [0.25, 0.3) is 11.1 Å². The smallest absolute Gasteiger partial charge is 0.142 e. The van der Waals surface area contributed by atoms with Crippen molar-refractivity contribution >= 4 is 17.4 Å². The minimum absolute atomic E-state index is 0.0561. The van der Waals surface area contributed by atoms with Crippen molar-refractivity contribution < 1.29 is 4.39 Å². The first-order chi connectivity index (χ1) is 6.70. The van der Waals surface area contributed by atoms with Gasteiger partial charge in [-0.3, -0.25) is 5.10 Å². The Bertz CT molecular complexity index is 467. The number of nitrogens with zero attached hydrogens (tertiary/aromatic N) is 1. The van der Waals surface area contributed by atoms with E-state index >= 15 is 0 Å². The van der Waals surface area contributed by atoms with E-state index in [9.17, 15) is 4.39 Å². The second kappa shape index (κ2) is 3.31. The van der Waals surface area contributed by atoms with Crippen molar-refractivity contribution in [1.29, 1.82) is 0 Å². The highest BCUT2D eigenvalue weighted by Gasteiger charge is 2.11. The van der Waals surface area contributed by atoms with E-state index in [2.05, 4.69) is 10.2 Å². The molecule has 1 aromatic heterocycles.